The van der Waals surface area contributed by atoms with E-state index in [9.17, 15) is 13.6 Å². The van der Waals surface area contributed by atoms with Gasteiger partial charge in [0.15, 0.2) is 0 Å². The van der Waals surface area contributed by atoms with Crippen LogP contribution in [0.15, 0.2) is 54.6 Å². The standard InChI is InChI=1S/C22H29N3O4S.ClH/c1-29-22(26)20-9-7-18(8-10-20)17-25(30(27)28)14-11-21(19-5-3-2-4-6-19)24-15-12-23-13-16-24;/h2-10,21,23H,11-17H2,1H3,(H,27,28);1H/p-1. The summed E-state index contributed by atoms with van der Waals surface area (Å²) in [5.41, 5.74) is 2.47. The highest BCUT2D eigenvalue weighted by molar-refractivity contribution is 7.76. The summed E-state index contributed by atoms with van der Waals surface area (Å²) in [4.78, 5) is 14.0. The summed E-state index contributed by atoms with van der Waals surface area (Å²) in [6.07, 6.45) is 0.707. The molecule has 2 aromatic carbocycles. The number of hydrogen-bond acceptors (Lipinski definition) is 6. The first-order valence-electron chi connectivity index (χ1n) is 10.1. The first-order chi connectivity index (χ1) is 14.6. The molecule has 1 aliphatic rings. The first-order valence-corrected chi connectivity index (χ1v) is 11.1. The van der Waals surface area contributed by atoms with Crippen LogP contribution in [0.1, 0.15) is 33.9 Å². The molecule has 0 bridgehead atoms. The highest BCUT2D eigenvalue weighted by Gasteiger charge is 2.23. The molecule has 2 aromatic rings. The molecule has 1 saturated heterocycles. The third-order valence-electron chi connectivity index (χ3n) is 5.37. The van der Waals surface area contributed by atoms with E-state index < -0.39 is 17.2 Å². The molecule has 2 atom stereocenters. The molecule has 31 heavy (non-hydrogen) atoms. The summed E-state index contributed by atoms with van der Waals surface area (Å²) < 4.78 is 29.9. The maximum atomic E-state index is 11.9. The third-order valence-corrected chi connectivity index (χ3v) is 6.11. The van der Waals surface area contributed by atoms with Gasteiger partial charge in [0.2, 0.25) is 0 Å². The van der Waals surface area contributed by atoms with Crippen molar-refractivity contribution in [1.29, 1.82) is 0 Å². The minimum atomic E-state index is -2.34. The molecule has 0 spiro atoms. The number of hydrogen-bond donors (Lipinski definition) is 1. The minimum absolute atomic E-state index is 0. The van der Waals surface area contributed by atoms with Crippen LogP contribution in [-0.4, -0.2) is 63.8 Å². The normalized spacial score (nSPS) is 16.4. The molecule has 0 saturated carbocycles. The van der Waals surface area contributed by atoms with E-state index in [-0.39, 0.29) is 25.0 Å². The molecule has 0 radical (unpaired) electrons. The number of nitrogens with one attached hydrogen (secondary N) is 1. The molecule has 1 heterocycles. The van der Waals surface area contributed by atoms with Gasteiger partial charge in [0.1, 0.15) is 0 Å². The van der Waals surface area contributed by atoms with Gasteiger partial charge in [-0.2, -0.15) is 0 Å². The lowest BCUT2D eigenvalue weighted by Crippen LogP contribution is -2.45. The lowest BCUT2D eigenvalue weighted by Gasteiger charge is -2.36. The number of ether oxygens (including phenoxy) is 1. The second kappa shape index (κ2) is 12.9. The van der Waals surface area contributed by atoms with Crippen molar-refractivity contribution in [3.8, 4) is 0 Å². The van der Waals surface area contributed by atoms with Gasteiger partial charge in [-0.05, 0) is 29.7 Å². The average Bonchev–Trinajstić information content (AvgIpc) is 2.79. The van der Waals surface area contributed by atoms with Gasteiger partial charge in [-0.1, -0.05) is 42.5 Å². The number of methoxy groups -OCH3 is 1. The maximum absolute atomic E-state index is 11.9. The molecule has 1 aliphatic heterocycles. The zero-order valence-electron chi connectivity index (χ0n) is 17.6. The number of piperazine rings is 1. The van der Waals surface area contributed by atoms with Crippen LogP contribution >= 0.6 is 12.4 Å². The Hall–Kier alpha value is -1.81. The molecule has 0 aromatic heterocycles. The Morgan fingerprint density at radius 2 is 1.81 bits per heavy atom. The predicted octanol–water partition coefficient (Wildman–Crippen LogP) is 2.53. The zero-order chi connectivity index (χ0) is 21.3. The number of nitrogens with zero attached hydrogens (tertiary/aromatic N) is 2. The largest absolute Gasteiger partial charge is 0.760 e. The summed E-state index contributed by atoms with van der Waals surface area (Å²) in [5, 5.41) is 3.37. The molecular weight excluding hydrogens is 438 g/mol. The van der Waals surface area contributed by atoms with Gasteiger partial charge in [0.05, 0.1) is 12.7 Å². The molecule has 1 N–H and O–H groups in total. The van der Waals surface area contributed by atoms with Gasteiger partial charge >= 0.3 is 5.97 Å². The maximum Gasteiger partial charge on any atom is 0.337 e. The Bertz CT molecular complexity index is 832. The van der Waals surface area contributed by atoms with Crippen molar-refractivity contribution in [3.05, 3.63) is 71.3 Å². The Labute approximate surface area is 192 Å². The second-order valence-electron chi connectivity index (χ2n) is 7.27. The summed E-state index contributed by atoms with van der Waals surface area (Å²) in [5.74, 6) is -0.410. The Balaban J connectivity index is 0.00000341. The van der Waals surface area contributed by atoms with Crippen LogP contribution in [0.2, 0.25) is 0 Å². The molecule has 0 amide bonds. The topological polar surface area (TPSA) is 84.9 Å². The van der Waals surface area contributed by atoms with E-state index in [4.69, 9.17) is 4.74 Å². The van der Waals surface area contributed by atoms with Crippen LogP contribution in [0, 0.1) is 0 Å². The second-order valence-corrected chi connectivity index (χ2v) is 8.22. The van der Waals surface area contributed by atoms with Gasteiger partial charge in [-0.25, -0.2) is 9.10 Å². The number of benzene rings is 2. The van der Waals surface area contributed by atoms with E-state index in [2.05, 4.69) is 22.3 Å². The Morgan fingerprint density at radius 3 is 2.39 bits per heavy atom. The molecule has 3 rings (SSSR count). The van der Waals surface area contributed by atoms with Crippen molar-refractivity contribution < 1.29 is 18.3 Å². The van der Waals surface area contributed by atoms with Gasteiger partial charge in [0.25, 0.3) is 0 Å². The fourth-order valence-corrected chi connectivity index (χ4v) is 4.28. The van der Waals surface area contributed by atoms with E-state index in [1.54, 1.807) is 24.3 Å². The molecule has 9 heteroatoms. The number of esters is 1. The fraction of sp³-hybridized carbons (Fsp3) is 0.409. The van der Waals surface area contributed by atoms with Crippen molar-refractivity contribution in [2.45, 2.75) is 19.0 Å². The lowest BCUT2D eigenvalue weighted by molar-refractivity contribution is 0.0600. The highest BCUT2D eigenvalue weighted by Crippen LogP contribution is 2.25. The van der Waals surface area contributed by atoms with Gasteiger partial charge in [0, 0.05) is 56.6 Å². The predicted molar refractivity (Wildman–Crippen MR) is 123 cm³/mol. The van der Waals surface area contributed by atoms with Crippen molar-refractivity contribution in [2.24, 2.45) is 0 Å². The van der Waals surface area contributed by atoms with Gasteiger partial charge in [-0.15, -0.1) is 12.4 Å². The molecule has 7 nitrogen and oxygen atoms in total. The fourth-order valence-electron chi connectivity index (χ4n) is 3.77. The first kappa shape index (κ1) is 25.5. The third kappa shape index (κ3) is 7.38. The Morgan fingerprint density at radius 1 is 1.16 bits per heavy atom. The van der Waals surface area contributed by atoms with Gasteiger partial charge < -0.3 is 14.6 Å². The lowest BCUT2D eigenvalue weighted by atomic mass is 10.0. The molecular formula is C22H29ClN3O4S-. The van der Waals surface area contributed by atoms with E-state index >= 15 is 0 Å². The van der Waals surface area contributed by atoms with E-state index in [1.165, 1.54) is 17.0 Å². The number of halogens is 1. The van der Waals surface area contributed by atoms with Crippen molar-refractivity contribution in [3.63, 3.8) is 0 Å². The van der Waals surface area contributed by atoms with Crippen LogP contribution in [-0.2, 0) is 22.5 Å². The smallest absolute Gasteiger partial charge is 0.337 e. The van der Waals surface area contributed by atoms with E-state index in [0.29, 0.717) is 18.5 Å². The van der Waals surface area contributed by atoms with Crippen molar-refractivity contribution in [2.75, 3.05) is 39.8 Å². The SMILES string of the molecule is COC(=O)c1ccc(CN(CCC(c2ccccc2)N2CCNCC2)S(=O)[O-])cc1.Cl. The minimum Gasteiger partial charge on any atom is -0.760 e. The molecule has 0 aliphatic carbocycles. The number of rotatable bonds is 9. The van der Waals surface area contributed by atoms with E-state index in [1.807, 2.05) is 18.2 Å². The number of carbonyl (C=O) groups excluding carboxylic acids is 1. The summed E-state index contributed by atoms with van der Waals surface area (Å²) in [6.45, 7) is 4.43. The van der Waals surface area contributed by atoms with E-state index in [0.717, 1.165) is 31.7 Å². The van der Waals surface area contributed by atoms with Crippen LogP contribution < -0.4 is 5.32 Å². The molecule has 1 fully saturated rings. The van der Waals surface area contributed by atoms with Crippen LogP contribution in [0.25, 0.3) is 0 Å². The average molecular weight is 467 g/mol. The molecule has 2 unspecified atom stereocenters. The van der Waals surface area contributed by atoms with Crippen LogP contribution in [0.4, 0.5) is 0 Å². The van der Waals surface area contributed by atoms with Crippen LogP contribution in [0.3, 0.4) is 0 Å². The van der Waals surface area contributed by atoms with Crippen LogP contribution in [0.5, 0.6) is 0 Å². The summed E-state index contributed by atoms with van der Waals surface area (Å²) >= 11 is -2.34. The molecule has 170 valence electrons. The highest BCUT2D eigenvalue weighted by atomic mass is 35.5. The Kier molecular flexibility index (Phi) is 10.6. The van der Waals surface area contributed by atoms with Crippen molar-refractivity contribution in [1.82, 2.24) is 14.5 Å². The van der Waals surface area contributed by atoms with Crippen molar-refractivity contribution >= 4 is 29.6 Å². The monoisotopic (exact) mass is 466 g/mol. The summed E-state index contributed by atoms with van der Waals surface area (Å²) in [6, 6.07) is 17.3. The summed E-state index contributed by atoms with van der Waals surface area (Å²) in [7, 11) is 1.33. The zero-order valence-corrected chi connectivity index (χ0v) is 19.2. The van der Waals surface area contributed by atoms with Gasteiger partial charge in [-0.3, -0.25) is 9.11 Å². The quantitative estimate of drug-likeness (QED) is 0.451. The number of carbonyl (C=O) groups is 1.